The van der Waals surface area contributed by atoms with Crippen LogP contribution in [0.15, 0.2) is 24.3 Å². The highest BCUT2D eigenvalue weighted by atomic mass is 35.5. The lowest BCUT2D eigenvalue weighted by Gasteiger charge is -2.29. The molecular weight excluding hydrogens is 366 g/mol. The molecule has 1 N–H and O–H groups in total. The molecular formula is C21H32ClNO4. The largest absolute Gasteiger partial charge is 0.458 e. The van der Waals surface area contributed by atoms with Gasteiger partial charge in [0.05, 0.1) is 0 Å². The van der Waals surface area contributed by atoms with E-state index in [2.05, 4.69) is 5.32 Å². The van der Waals surface area contributed by atoms with Crippen molar-refractivity contribution in [1.82, 2.24) is 5.32 Å². The summed E-state index contributed by atoms with van der Waals surface area (Å²) in [5, 5.41) is 3.30. The molecule has 0 spiro atoms. The summed E-state index contributed by atoms with van der Waals surface area (Å²) in [7, 11) is 0. The number of hydrogen-bond acceptors (Lipinski definition) is 4. The van der Waals surface area contributed by atoms with Crippen molar-refractivity contribution in [3.8, 4) is 0 Å². The minimum atomic E-state index is -0.760. The number of carbonyl (C=O) groups is 2. The summed E-state index contributed by atoms with van der Waals surface area (Å²) >= 11 is 5.91. The Balaban J connectivity index is 2.78. The second kappa shape index (κ2) is 9.45. The first-order valence-corrected chi connectivity index (χ1v) is 9.62. The van der Waals surface area contributed by atoms with E-state index < -0.39 is 29.3 Å². The van der Waals surface area contributed by atoms with Gasteiger partial charge in [-0.1, -0.05) is 37.6 Å². The molecule has 0 aliphatic carbocycles. The standard InChI is InChI=1S/C21H32ClNO4/c1-14(2)12-17(23-19(25)27-20(3,4)5)18(24)26-21(6,7)13-15-8-10-16(22)11-9-15/h8-11,14,17H,12-13H2,1-7H3,(H,23,25). The third-order valence-corrected chi connectivity index (χ3v) is 3.85. The molecule has 1 amide bonds. The number of esters is 1. The van der Waals surface area contributed by atoms with Gasteiger partial charge in [-0.25, -0.2) is 9.59 Å². The normalized spacial score (nSPS) is 13.2. The van der Waals surface area contributed by atoms with Gasteiger partial charge in [0.2, 0.25) is 0 Å². The molecule has 0 saturated heterocycles. The number of halogens is 1. The van der Waals surface area contributed by atoms with Crippen LogP contribution in [0.4, 0.5) is 4.79 Å². The fourth-order valence-corrected chi connectivity index (χ4v) is 2.73. The van der Waals surface area contributed by atoms with Gasteiger partial charge in [-0.2, -0.15) is 0 Å². The summed E-state index contributed by atoms with van der Waals surface area (Å²) in [5.74, 6) is -0.259. The molecule has 0 fully saturated rings. The van der Waals surface area contributed by atoms with Gasteiger partial charge in [0, 0.05) is 11.4 Å². The van der Waals surface area contributed by atoms with Crippen molar-refractivity contribution in [2.75, 3.05) is 0 Å². The molecule has 0 aliphatic heterocycles. The number of hydrogen-bond donors (Lipinski definition) is 1. The smallest absolute Gasteiger partial charge is 0.408 e. The summed E-state index contributed by atoms with van der Waals surface area (Å²) in [6.07, 6.45) is 0.381. The van der Waals surface area contributed by atoms with E-state index in [0.29, 0.717) is 17.9 Å². The predicted molar refractivity (Wildman–Crippen MR) is 108 cm³/mol. The molecule has 1 atom stereocenters. The van der Waals surface area contributed by atoms with E-state index in [1.807, 2.05) is 39.8 Å². The molecule has 0 aromatic heterocycles. The van der Waals surface area contributed by atoms with Crippen LogP contribution >= 0.6 is 11.6 Å². The zero-order valence-electron chi connectivity index (χ0n) is 17.4. The van der Waals surface area contributed by atoms with Gasteiger partial charge >= 0.3 is 12.1 Å². The number of rotatable bonds is 7. The highest BCUT2D eigenvalue weighted by Gasteiger charge is 2.31. The average molecular weight is 398 g/mol. The SMILES string of the molecule is CC(C)CC(NC(=O)OC(C)(C)C)C(=O)OC(C)(C)Cc1ccc(Cl)cc1. The van der Waals surface area contributed by atoms with E-state index in [-0.39, 0.29) is 5.92 Å². The van der Waals surface area contributed by atoms with E-state index >= 15 is 0 Å². The zero-order valence-corrected chi connectivity index (χ0v) is 18.1. The molecule has 0 saturated carbocycles. The van der Waals surface area contributed by atoms with Gasteiger partial charge in [0.1, 0.15) is 17.2 Å². The molecule has 6 heteroatoms. The van der Waals surface area contributed by atoms with Crippen molar-refractivity contribution in [3.63, 3.8) is 0 Å². The zero-order chi connectivity index (χ0) is 20.8. The lowest BCUT2D eigenvalue weighted by molar-refractivity contribution is -0.159. The van der Waals surface area contributed by atoms with E-state index in [9.17, 15) is 9.59 Å². The lowest BCUT2D eigenvalue weighted by Crippen LogP contribution is -2.47. The molecule has 0 heterocycles. The van der Waals surface area contributed by atoms with Crippen LogP contribution in [0.2, 0.25) is 5.02 Å². The Morgan fingerprint density at radius 1 is 1.04 bits per heavy atom. The first kappa shape index (κ1) is 23.3. The fraction of sp³-hybridized carbons (Fsp3) is 0.619. The highest BCUT2D eigenvalue weighted by Crippen LogP contribution is 2.21. The Labute approximate surface area is 167 Å². The van der Waals surface area contributed by atoms with Crippen LogP contribution in [0, 0.1) is 5.92 Å². The van der Waals surface area contributed by atoms with E-state index in [0.717, 1.165) is 5.56 Å². The number of ether oxygens (including phenoxy) is 2. The number of nitrogens with one attached hydrogen (secondary N) is 1. The predicted octanol–water partition coefficient (Wildman–Crippen LogP) is 5.14. The molecule has 1 aromatic rings. The van der Waals surface area contributed by atoms with Crippen LogP contribution in [-0.4, -0.2) is 29.3 Å². The van der Waals surface area contributed by atoms with Crippen molar-refractivity contribution in [1.29, 1.82) is 0 Å². The second-order valence-corrected chi connectivity index (χ2v) is 9.25. The summed E-state index contributed by atoms with van der Waals surface area (Å²) < 4.78 is 11.0. The Bertz CT molecular complexity index is 633. The van der Waals surface area contributed by atoms with Crippen molar-refractivity contribution in [3.05, 3.63) is 34.9 Å². The molecule has 152 valence electrons. The van der Waals surface area contributed by atoms with Crippen LogP contribution in [0.1, 0.15) is 60.5 Å². The fourth-order valence-electron chi connectivity index (χ4n) is 2.61. The molecule has 0 aliphatic rings. The molecule has 1 unspecified atom stereocenters. The lowest BCUT2D eigenvalue weighted by atomic mass is 9.98. The molecule has 5 nitrogen and oxygen atoms in total. The number of carbonyl (C=O) groups excluding carboxylic acids is 2. The first-order valence-electron chi connectivity index (χ1n) is 9.24. The van der Waals surface area contributed by atoms with Gasteiger partial charge in [-0.15, -0.1) is 0 Å². The molecule has 0 radical (unpaired) electrons. The first-order chi connectivity index (χ1) is 12.3. The quantitative estimate of drug-likeness (QED) is 0.646. The molecule has 0 bridgehead atoms. The summed E-state index contributed by atoms with van der Waals surface area (Å²) in [6, 6.07) is 6.66. The van der Waals surface area contributed by atoms with E-state index in [1.165, 1.54) is 0 Å². The summed E-state index contributed by atoms with van der Waals surface area (Å²) in [4.78, 5) is 24.8. The average Bonchev–Trinajstić information content (AvgIpc) is 2.45. The van der Waals surface area contributed by atoms with Crippen molar-refractivity contribution < 1.29 is 19.1 Å². The van der Waals surface area contributed by atoms with Gasteiger partial charge in [0.25, 0.3) is 0 Å². The summed E-state index contributed by atoms with van der Waals surface area (Å²) in [5.41, 5.74) is -0.349. The summed E-state index contributed by atoms with van der Waals surface area (Å²) in [6.45, 7) is 13.0. The second-order valence-electron chi connectivity index (χ2n) is 8.81. The monoisotopic (exact) mass is 397 g/mol. The third kappa shape index (κ3) is 9.66. The Hall–Kier alpha value is -1.75. The number of benzene rings is 1. The topological polar surface area (TPSA) is 64.6 Å². The third-order valence-electron chi connectivity index (χ3n) is 3.60. The maximum absolute atomic E-state index is 12.7. The van der Waals surface area contributed by atoms with Crippen LogP contribution < -0.4 is 5.32 Å². The minimum Gasteiger partial charge on any atom is -0.458 e. The Morgan fingerprint density at radius 2 is 1.59 bits per heavy atom. The van der Waals surface area contributed by atoms with Crippen LogP contribution in [0.5, 0.6) is 0 Å². The van der Waals surface area contributed by atoms with Gasteiger partial charge in [-0.05, 0) is 64.7 Å². The van der Waals surface area contributed by atoms with Gasteiger partial charge < -0.3 is 14.8 Å². The van der Waals surface area contributed by atoms with Crippen LogP contribution in [0.3, 0.4) is 0 Å². The van der Waals surface area contributed by atoms with Gasteiger partial charge in [0.15, 0.2) is 0 Å². The minimum absolute atomic E-state index is 0.205. The number of alkyl carbamates (subject to hydrolysis) is 1. The highest BCUT2D eigenvalue weighted by molar-refractivity contribution is 6.30. The van der Waals surface area contributed by atoms with Gasteiger partial charge in [-0.3, -0.25) is 0 Å². The molecule has 1 aromatic carbocycles. The van der Waals surface area contributed by atoms with Crippen molar-refractivity contribution >= 4 is 23.7 Å². The van der Waals surface area contributed by atoms with Crippen LogP contribution in [-0.2, 0) is 20.7 Å². The van der Waals surface area contributed by atoms with E-state index in [4.69, 9.17) is 21.1 Å². The maximum Gasteiger partial charge on any atom is 0.408 e. The Morgan fingerprint density at radius 3 is 2.07 bits per heavy atom. The Kier molecular flexibility index (Phi) is 8.15. The maximum atomic E-state index is 12.7. The molecule has 1 rings (SSSR count). The molecule has 27 heavy (non-hydrogen) atoms. The van der Waals surface area contributed by atoms with Crippen molar-refractivity contribution in [2.45, 2.75) is 78.6 Å². The van der Waals surface area contributed by atoms with E-state index in [1.54, 1.807) is 32.9 Å². The number of amides is 1. The van der Waals surface area contributed by atoms with Crippen LogP contribution in [0.25, 0.3) is 0 Å². The van der Waals surface area contributed by atoms with Crippen molar-refractivity contribution in [2.24, 2.45) is 5.92 Å².